The van der Waals surface area contributed by atoms with Gasteiger partial charge < -0.3 is 10.1 Å². The number of para-hydroxylation sites is 1. The van der Waals surface area contributed by atoms with Crippen molar-refractivity contribution in [1.29, 1.82) is 0 Å². The SMILES string of the molecule is CCCN(CCC)CC(=O)Nc1ccccc1C(=O)OC. The number of amides is 1. The number of nitrogens with one attached hydrogen (secondary N) is 1. The zero-order valence-electron chi connectivity index (χ0n) is 13.0. The van der Waals surface area contributed by atoms with Crippen molar-refractivity contribution in [3.05, 3.63) is 29.8 Å². The topological polar surface area (TPSA) is 58.6 Å². The molecule has 1 amide bonds. The van der Waals surface area contributed by atoms with Crippen LogP contribution in [0.25, 0.3) is 0 Å². The van der Waals surface area contributed by atoms with Gasteiger partial charge in [-0.25, -0.2) is 4.79 Å². The monoisotopic (exact) mass is 292 g/mol. The van der Waals surface area contributed by atoms with E-state index in [1.54, 1.807) is 24.3 Å². The number of hydrogen-bond acceptors (Lipinski definition) is 4. The number of benzene rings is 1. The average molecular weight is 292 g/mol. The molecule has 0 spiro atoms. The normalized spacial score (nSPS) is 10.5. The van der Waals surface area contributed by atoms with Crippen LogP contribution in [0.4, 0.5) is 5.69 Å². The van der Waals surface area contributed by atoms with Crippen molar-refractivity contribution in [2.75, 3.05) is 32.1 Å². The van der Waals surface area contributed by atoms with E-state index in [9.17, 15) is 9.59 Å². The van der Waals surface area contributed by atoms with Gasteiger partial charge in [0.1, 0.15) is 0 Å². The quantitative estimate of drug-likeness (QED) is 0.748. The van der Waals surface area contributed by atoms with E-state index in [0.717, 1.165) is 25.9 Å². The molecule has 21 heavy (non-hydrogen) atoms. The minimum atomic E-state index is -0.454. The molecule has 1 N–H and O–H groups in total. The molecule has 0 atom stereocenters. The van der Waals surface area contributed by atoms with Crippen LogP contribution in [0.1, 0.15) is 37.0 Å². The fourth-order valence-corrected chi connectivity index (χ4v) is 2.18. The summed E-state index contributed by atoms with van der Waals surface area (Å²) in [6.45, 7) is 6.29. The maximum absolute atomic E-state index is 12.1. The molecule has 0 saturated carbocycles. The second kappa shape index (κ2) is 9.13. The van der Waals surface area contributed by atoms with Gasteiger partial charge in [0.15, 0.2) is 0 Å². The van der Waals surface area contributed by atoms with Gasteiger partial charge in [0.2, 0.25) is 5.91 Å². The van der Waals surface area contributed by atoms with Crippen molar-refractivity contribution < 1.29 is 14.3 Å². The van der Waals surface area contributed by atoms with Crippen LogP contribution < -0.4 is 5.32 Å². The third-order valence-electron chi connectivity index (χ3n) is 3.05. The van der Waals surface area contributed by atoms with Gasteiger partial charge in [0.25, 0.3) is 0 Å². The maximum Gasteiger partial charge on any atom is 0.339 e. The molecule has 0 unspecified atom stereocenters. The Hall–Kier alpha value is -1.88. The van der Waals surface area contributed by atoms with Gasteiger partial charge in [-0.15, -0.1) is 0 Å². The van der Waals surface area contributed by atoms with Crippen LogP contribution in [-0.2, 0) is 9.53 Å². The molecule has 0 heterocycles. The first-order valence-corrected chi connectivity index (χ1v) is 7.31. The van der Waals surface area contributed by atoms with Crippen LogP contribution in [0, 0.1) is 0 Å². The lowest BCUT2D eigenvalue weighted by Gasteiger charge is -2.20. The molecule has 0 aliphatic heterocycles. The molecule has 1 rings (SSSR count). The number of methoxy groups -OCH3 is 1. The predicted octanol–water partition coefficient (Wildman–Crippen LogP) is 2.53. The molecule has 0 radical (unpaired) electrons. The second-order valence-electron chi connectivity index (χ2n) is 4.86. The molecule has 0 saturated heterocycles. The van der Waals surface area contributed by atoms with Crippen molar-refractivity contribution in [3.8, 4) is 0 Å². The van der Waals surface area contributed by atoms with Crippen molar-refractivity contribution in [1.82, 2.24) is 4.90 Å². The Morgan fingerprint density at radius 1 is 1.14 bits per heavy atom. The number of nitrogens with zero attached hydrogens (tertiary/aromatic N) is 1. The highest BCUT2D eigenvalue weighted by Crippen LogP contribution is 2.16. The summed E-state index contributed by atoms with van der Waals surface area (Å²) in [5.41, 5.74) is 0.855. The van der Waals surface area contributed by atoms with E-state index in [0.29, 0.717) is 17.8 Å². The fraction of sp³-hybridized carbons (Fsp3) is 0.500. The molecule has 1 aromatic rings. The van der Waals surface area contributed by atoms with Crippen LogP contribution in [0.5, 0.6) is 0 Å². The minimum absolute atomic E-state index is 0.117. The minimum Gasteiger partial charge on any atom is -0.465 e. The third-order valence-corrected chi connectivity index (χ3v) is 3.05. The highest BCUT2D eigenvalue weighted by molar-refractivity contribution is 6.01. The van der Waals surface area contributed by atoms with Crippen molar-refractivity contribution in [3.63, 3.8) is 0 Å². The Labute approximate surface area is 126 Å². The van der Waals surface area contributed by atoms with Gasteiger partial charge in [-0.05, 0) is 38.1 Å². The van der Waals surface area contributed by atoms with Gasteiger partial charge in [0, 0.05) is 0 Å². The van der Waals surface area contributed by atoms with E-state index >= 15 is 0 Å². The Morgan fingerprint density at radius 3 is 2.33 bits per heavy atom. The Morgan fingerprint density at radius 2 is 1.76 bits per heavy atom. The highest BCUT2D eigenvalue weighted by Gasteiger charge is 2.14. The molecule has 0 bridgehead atoms. The van der Waals surface area contributed by atoms with Crippen molar-refractivity contribution in [2.24, 2.45) is 0 Å². The van der Waals surface area contributed by atoms with Gasteiger partial charge in [0.05, 0.1) is 24.9 Å². The predicted molar refractivity (Wildman–Crippen MR) is 83.4 cm³/mol. The fourth-order valence-electron chi connectivity index (χ4n) is 2.18. The van der Waals surface area contributed by atoms with E-state index < -0.39 is 5.97 Å². The summed E-state index contributed by atoms with van der Waals surface area (Å²) in [4.78, 5) is 25.9. The molecular weight excluding hydrogens is 268 g/mol. The van der Waals surface area contributed by atoms with Gasteiger partial charge >= 0.3 is 5.97 Å². The molecular formula is C16H24N2O3. The molecule has 1 aromatic carbocycles. The van der Waals surface area contributed by atoms with Gasteiger partial charge in [-0.1, -0.05) is 26.0 Å². The second-order valence-corrected chi connectivity index (χ2v) is 4.86. The molecule has 0 aliphatic carbocycles. The van der Waals surface area contributed by atoms with E-state index in [4.69, 9.17) is 4.74 Å². The summed E-state index contributed by atoms with van der Waals surface area (Å²) in [5, 5.41) is 2.79. The first-order chi connectivity index (χ1) is 10.1. The lowest BCUT2D eigenvalue weighted by molar-refractivity contribution is -0.117. The van der Waals surface area contributed by atoms with E-state index in [-0.39, 0.29) is 5.91 Å². The molecule has 5 heteroatoms. The molecule has 0 aliphatic rings. The molecule has 5 nitrogen and oxygen atoms in total. The zero-order chi connectivity index (χ0) is 15.7. The largest absolute Gasteiger partial charge is 0.465 e. The van der Waals surface area contributed by atoms with Crippen LogP contribution >= 0.6 is 0 Å². The van der Waals surface area contributed by atoms with Crippen LogP contribution in [0.2, 0.25) is 0 Å². The maximum atomic E-state index is 12.1. The first-order valence-electron chi connectivity index (χ1n) is 7.31. The molecule has 0 aromatic heterocycles. The van der Waals surface area contributed by atoms with Crippen LogP contribution in [-0.4, -0.2) is 43.5 Å². The highest BCUT2D eigenvalue weighted by atomic mass is 16.5. The number of rotatable bonds is 8. The van der Waals surface area contributed by atoms with E-state index in [2.05, 4.69) is 24.1 Å². The number of carbonyl (C=O) groups excluding carboxylic acids is 2. The lowest BCUT2D eigenvalue weighted by Crippen LogP contribution is -2.34. The van der Waals surface area contributed by atoms with Gasteiger partial charge in [-0.3, -0.25) is 9.69 Å². The number of anilines is 1. The lowest BCUT2D eigenvalue weighted by atomic mass is 10.2. The third kappa shape index (κ3) is 5.55. The number of carbonyl (C=O) groups is 2. The average Bonchev–Trinajstić information content (AvgIpc) is 2.47. The van der Waals surface area contributed by atoms with Crippen LogP contribution in [0.3, 0.4) is 0 Å². The summed E-state index contributed by atoms with van der Waals surface area (Å²) in [7, 11) is 1.32. The number of esters is 1. The summed E-state index contributed by atoms with van der Waals surface area (Å²) in [6, 6.07) is 6.85. The standard InChI is InChI=1S/C16H24N2O3/c1-4-10-18(11-5-2)12-15(19)17-14-9-7-6-8-13(14)16(20)21-3/h6-9H,4-5,10-12H2,1-3H3,(H,17,19). The van der Waals surface area contributed by atoms with Crippen LogP contribution in [0.15, 0.2) is 24.3 Å². The summed E-state index contributed by atoms with van der Waals surface area (Å²) in [6.07, 6.45) is 2.01. The Kier molecular flexibility index (Phi) is 7.46. The Bertz CT molecular complexity index is 468. The van der Waals surface area contributed by atoms with Crippen molar-refractivity contribution in [2.45, 2.75) is 26.7 Å². The Balaban J connectivity index is 2.72. The van der Waals surface area contributed by atoms with E-state index in [1.807, 2.05) is 0 Å². The number of ether oxygens (including phenoxy) is 1. The smallest absolute Gasteiger partial charge is 0.339 e. The molecule has 116 valence electrons. The van der Waals surface area contributed by atoms with Crippen molar-refractivity contribution >= 4 is 17.6 Å². The first kappa shape index (κ1) is 17.2. The summed E-state index contributed by atoms with van der Waals surface area (Å²) in [5.74, 6) is -0.571. The zero-order valence-corrected chi connectivity index (χ0v) is 13.0. The summed E-state index contributed by atoms with van der Waals surface area (Å²) >= 11 is 0. The molecule has 0 fully saturated rings. The summed E-state index contributed by atoms with van der Waals surface area (Å²) < 4.78 is 4.72. The van der Waals surface area contributed by atoms with Gasteiger partial charge in [-0.2, -0.15) is 0 Å². The van der Waals surface area contributed by atoms with E-state index in [1.165, 1.54) is 7.11 Å². The number of hydrogen-bond donors (Lipinski definition) is 1.